The first kappa shape index (κ1) is 18.1. The van der Waals surface area contributed by atoms with E-state index in [2.05, 4.69) is 33.5 Å². The Labute approximate surface area is 154 Å². The van der Waals surface area contributed by atoms with Crippen molar-refractivity contribution in [1.82, 2.24) is 14.8 Å². The van der Waals surface area contributed by atoms with Gasteiger partial charge in [-0.2, -0.15) is 0 Å². The molecule has 134 valence electrons. The van der Waals surface area contributed by atoms with Gasteiger partial charge in [0.2, 0.25) is 0 Å². The van der Waals surface area contributed by atoms with Gasteiger partial charge < -0.3 is 9.30 Å². The minimum absolute atomic E-state index is 0.762. The van der Waals surface area contributed by atoms with Crippen molar-refractivity contribution in [2.75, 3.05) is 7.11 Å². The Bertz CT molecular complexity index is 692. The standard InChI is InChI=1S/C20H27N3OS/c1-3-12-23-19(14-16-8-5-4-6-9-16)21-22-20(23)25-15-17-10-7-11-18(13-17)24-2/h3,7,10-11,13,16H,1,4-6,8-9,12,14-15H2,2H3. The third-order valence-electron chi connectivity index (χ3n) is 4.80. The molecule has 3 rings (SSSR count). The highest BCUT2D eigenvalue weighted by Crippen LogP contribution is 2.29. The number of hydrogen-bond acceptors (Lipinski definition) is 4. The minimum atomic E-state index is 0.762. The molecule has 1 aliphatic rings. The van der Waals surface area contributed by atoms with Gasteiger partial charge >= 0.3 is 0 Å². The van der Waals surface area contributed by atoms with E-state index in [4.69, 9.17) is 4.74 Å². The van der Waals surface area contributed by atoms with E-state index in [1.807, 2.05) is 18.2 Å². The van der Waals surface area contributed by atoms with Crippen LogP contribution in [0.1, 0.15) is 43.5 Å². The maximum atomic E-state index is 5.30. The zero-order valence-corrected chi connectivity index (χ0v) is 15.8. The lowest BCUT2D eigenvalue weighted by Crippen LogP contribution is -2.13. The van der Waals surface area contributed by atoms with Crippen LogP contribution in [0.5, 0.6) is 5.75 Å². The van der Waals surface area contributed by atoms with Gasteiger partial charge in [0, 0.05) is 18.7 Å². The van der Waals surface area contributed by atoms with Gasteiger partial charge in [-0.3, -0.25) is 0 Å². The van der Waals surface area contributed by atoms with E-state index < -0.39 is 0 Å². The third-order valence-corrected chi connectivity index (χ3v) is 5.84. The maximum absolute atomic E-state index is 5.30. The molecule has 1 heterocycles. The average molecular weight is 358 g/mol. The molecule has 1 aromatic heterocycles. The summed E-state index contributed by atoms with van der Waals surface area (Å²) in [6.45, 7) is 4.68. The molecule has 1 saturated carbocycles. The molecular formula is C20H27N3OS. The van der Waals surface area contributed by atoms with Crippen molar-refractivity contribution in [3.8, 4) is 5.75 Å². The summed E-state index contributed by atoms with van der Waals surface area (Å²) in [5, 5.41) is 9.93. The first-order chi connectivity index (χ1) is 12.3. The minimum Gasteiger partial charge on any atom is -0.497 e. The Morgan fingerprint density at radius 3 is 2.88 bits per heavy atom. The van der Waals surface area contributed by atoms with Gasteiger partial charge in [-0.15, -0.1) is 16.8 Å². The summed E-state index contributed by atoms with van der Waals surface area (Å²) in [6, 6.07) is 8.19. The Kier molecular flexibility index (Phi) is 6.56. The van der Waals surface area contributed by atoms with E-state index in [0.29, 0.717) is 0 Å². The fourth-order valence-corrected chi connectivity index (χ4v) is 4.36. The molecule has 0 saturated heterocycles. The van der Waals surface area contributed by atoms with Crippen LogP contribution in [0, 0.1) is 5.92 Å². The molecule has 2 aromatic rings. The normalized spacial score (nSPS) is 15.2. The lowest BCUT2D eigenvalue weighted by molar-refractivity contribution is 0.347. The molecule has 5 heteroatoms. The number of thioether (sulfide) groups is 1. The highest BCUT2D eigenvalue weighted by molar-refractivity contribution is 7.98. The highest BCUT2D eigenvalue weighted by atomic mass is 32.2. The van der Waals surface area contributed by atoms with Crippen molar-refractivity contribution in [1.29, 1.82) is 0 Å². The quantitative estimate of drug-likeness (QED) is 0.498. The Balaban J connectivity index is 1.68. The Hall–Kier alpha value is -1.75. The van der Waals surface area contributed by atoms with Crippen LogP contribution in [0.3, 0.4) is 0 Å². The fourth-order valence-electron chi connectivity index (χ4n) is 3.45. The third kappa shape index (κ3) is 4.88. The SMILES string of the molecule is C=CCn1c(CC2CCCCC2)nnc1SCc1cccc(OC)c1. The zero-order chi connectivity index (χ0) is 17.5. The highest BCUT2D eigenvalue weighted by Gasteiger charge is 2.19. The van der Waals surface area contributed by atoms with Gasteiger partial charge in [0.25, 0.3) is 0 Å². The van der Waals surface area contributed by atoms with Crippen molar-refractivity contribution in [2.24, 2.45) is 5.92 Å². The zero-order valence-electron chi connectivity index (χ0n) is 15.0. The summed E-state index contributed by atoms with van der Waals surface area (Å²) in [4.78, 5) is 0. The van der Waals surface area contributed by atoms with Gasteiger partial charge in [0.1, 0.15) is 11.6 Å². The molecule has 0 atom stereocenters. The summed E-state index contributed by atoms with van der Waals surface area (Å²) in [6.07, 6.45) is 9.73. The molecule has 0 N–H and O–H groups in total. The first-order valence-corrected chi connectivity index (χ1v) is 10.1. The van der Waals surface area contributed by atoms with Crippen LogP contribution in [0.4, 0.5) is 0 Å². The van der Waals surface area contributed by atoms with Crippen LogP contribution >= 0.6 is 11.8 Å². The summed E-state index contributed by atoms with van der Waals surface area (Å²) in [5.41, 5.74) is 1.23. The topological polar surface area (TPSA) is 39.9 Å². The fraction of sp³-hybridized carbons (Fsp3) is 0.500. The number of allylic oxidation sites excluding steroid dienone is 1. The van der Waals surface area contributed by atoms with E-state index in [9.17, 15) is 0 Å². The number of rotatable bonds is 8. The van der Waals surface area contributed by atoms with Gasteiger partial charge in [-0.1, -0.05) is 62.1 Å². The summed E-state index contributed by atoms with van der Waals surface area (Å²) < 4.78 is 7.53. The molecule has 1 aromatic carbocycles. The van der Waals surface area contributed by atoms with Crippen LogP contribution in [-0.4, -0.2) is 21.9 Å². The molecule has 0 bridgehead atoms. The molecule has 0 unspecified atom stereocenters. The smallest absolute Gasteiger partial charge is 0.191 e. The van der Waals surface area contributed by atoms with Crippen molar-refractivity contribution in [2.45, 2.75) is 56.0 Å². The summed E-state index contributed by atoms with van der Waals surface area (Å²) in [7, 11) is 1.70. The van der Waals surface area contributed by atoms with Crippen molar-refractivity contribution < 1.29 is 4.74 Å². The van der Waals surface area contributed by atoms with Crippen molar-refractivity contribution in [3.63, 3.8) is 0 Å². The van der Waals surface area contributed by atoms with E-state index in [1.165, 1.54) is 37.7 Å². The number of aromatic nitrogens is 3. The van der Waals surface area contributed by atoms with Crippen molar-refractivity contribution >= 4 is 11.8 Å². The van der Waals surface area contributed by atoms with Crippen LogP contribution in [0.15, 0.2) is 42.1 Å². The molecule has 0 amide bonds. The molecular weight excluding hydrogens is 330 g/mol. The van der Waals surface area contributed by atoms with E-state index in [0.717, 1.165) is 41.4 Å². The molecule has 1 aliphatic carbocycles. The van der Waals surface area contributed by atoms with Crippen LogP contribution in [-0.2, 0) is 18.7 Å². The number of nitrogens with zero attached hydrogens (tertiary/aromatic N) is 3. The predicted molar refractivity (Wildman–Crippen MR) is 103 cm³/mol. The van der Waals surface area contributed by atoms with Gasteiger partial charge in [0.15, 0.2) is 5.16 Å². The van der Waals surface area contributed by atoms with E-state index >= 15 is 0 Å². The second kappa shape index (κ2) is 9.09. The molecule has 25 heavy (non-hydrogen) atoms. The predicted octanol–water partition coefficient (Wildman–Crippen LogP) is 4.89. The Morgan fingerprint density at radius 1 is 1.28 bits per heavy atom. The molecule has 1 fully saturated rings. The number of ether oxygens (including phenoxy) is 1. The number of hydrogen-bond donors (Lipinski definition) is 0. The van der Waals surface area contributed by atoms with Crippen LogP contribution in [0.2, 0.25) is 0 Å². The molecule has 0 spiro atoms. The second-order valence-corrected chi connectivity index (χ2v) is 7.59. The van der Waals surface area contributed by atoms with Crippen LogP contribution < -0.4 is 4.74 Å². The summed E-state index contributed by atoms with van der Waals surface area (Å²) >= 11 is 1.73. The van der Waals surface area contributed by atoms with E-state index in [1.54, 1.807) is 18.9 Å². The lowest BCUT2D eigenvalue weighted by atomic mass is 9.87. The molecule has 0 radical (unpaired) electrons. The number of benzene rings is 1. The van der Waals surface area contributed by atoms with Gasteiger partial charge in [-0.05, 0) is 23.6 Å². The monoisotopic (exact) mass is 357 g/mol. The van der Waals surface area contributed by atoms with Gasteiger partial charge in [-0.25, -0.2) is 0 Å². The second-order valence-electron chi connectivity index (χ2n) is 6.65. The lowest BCUT2D eigenvalue weighted by Gasteiger charge is -2.21. The largest absolute Gasteiger partial charge is 0.497 e. The average Bonchev–Trinajstić information content (AvgIpc) is 3.03. The van der Waals surface area contributed by atoms with E-state index in [-0.39, 0.29) is 0 Å². The van der Waals surface area contributed by atoms with Gasteiger partial charge in [0.05, 0.1) is 7.11 Å². The Morgan fingerprint density at radius 2 is 2.12 bits per heavy atom. The maximum Gasteiger partial charge on any atom is 0.191 e. The molecule has 4 nitrogen and oxygen atoms in total. The first-order valence-electron chi connectivity index (χ1n) is 9.09. The van der Waals surface area contributed by atoms with Crippen LogP contribution in [0.25, 0.3) is 0 Å². The number of methoxy groups -OCH3 is 1. The van der Waals surface area contributed by atoms with Crippen molar-refractivity contribution in [3.05, 3.63) is 48.3 Å². The molecule has 0 aliphatic heterocycles. The summed E-state index contributed by atoms with van der Waals surface area (Å²) in [5.74, 6) is 3.62.